The van der Waals surface area contributed by atoms with Crippen LogP contribution in [0, 0.1) is 24.6 Å². The fourth-order valence-corrected chi connectivity index (χ4v) is 1.88. The highest BCUT2D eigenvalue weighted by Gasteiger charge is 2.33. The molecule has 1 aromatic carbocycles. The minimum absolute atomic E-state index is 0.0266. The maximum Gasteiger partial charge on any atom is 0.168 e. The van der Waals surface area contributed by atoms with E-state index < -0.39 is 5.82 Å². The second-order valence-electron chi connectivity index (χ2n) is 4.47. The van der Waals surface area contributed by atoms with Crippen LogP contribution in [0.2, 0.25) is 0 Å². The predicted octanol–water partition coefficient (Wildman–Crippen LogP) is 3.36. The van der Waals surface area contributed by atoms with E-state index in [-0.39, 0.29) is 17.3 Å². The van der Waals surface area contributed by atoms with E-state index in [1.54, 1.807) is 12.1 Å². The first-order valence-electron chi connectivity index (χ1n) is 5.40. The smallest absolute Gasteiger partial charge is 0.168 e. The number of aryl methyl sites for hydroxylation is 1. The Morgan fingerprint density at radius 3 is 2.73 bits per heavy atom. The quantitative estimate of drug-likeness (QED) is 0.693. The lowest BCUT2D eigenvalue weighted by Gasteiger charge is -2.10. The monoisotopic (exact) mass is 206 g/mol. The van der Waals surface area contributed by atoms with Crippen molar-refractivity contribution >= 4 is 5.78 Å². The van der Waals surface area contributed by atoms with Gasteiger partial charge in [-0.25, -0.2) is 4.39 Å². The van der Waals surface area contributed by atoms with E-state index >= 15 is 0 Å². The van der Waals surface area contributed by atoms with Gasteiger partial charge in [-0.1, -0.05) is 18.6 Å². The van der Waals surface area contributed by atoms with Gasteiger partial charge in [0.25, 0.3) is 0 Å². The highest BCUT2D eigenvalue weighted by molar-refractivity contribution is 5.98. The Hall–Kier alpha value is -1.18. The summed E-state index contributed by atoms with van der Waals surface area (Å²) in [7, 11) is 0. The zero-order chi connectivity index (χ0) is 11.0. The van der Waals surface area contributed by atoms with Gasteiger partial charge in [0.15, 0.2) is 5.78 Å². The minimum Gasteiger partial charge on any atom is -0.294 e. The first kappa shape index (κ1) is 10.3. The highest BCUT2D eigenvalue weighted by Crippen LogP contribution is 2.38. The van der Waals surface area contributed by atoms with E-state index in [4.69, 9.17) is 0 Å². The molecule has 1 saturated carbocycles. The molecule has 80 valence electrons. The zero-order valence-electron chi connectivity index (χ0n) is 9.09. The summed E-state index contributed by atoms with van der Waals surface area (Å²) < 4.78 is 13.4. The van der Waals surface area contributed by atoms with Crippen molar-refractivity contribution in [1.82, 2.24) is 0 Å². The molecule has 0 heterocycles. The number of carbonyl (C=O) groups excluding carboxylic acids is 1. The van der Waals surface area contributed by atoms with Crippen molar-refractivity contribution in [2.75, 3.05) is 0 Å². The molecule has 0 radical (unpaired) electrons. The van der Waals surface area contributed by atoms with E-state index in [1.807, 2.05) is 13.8 Å². The van der Waals surface area contributed by atoms with Gasteiger partial charge in [0.05, 0.1) is 5.56 Å². The highest BCUT2D eigenvalue weighted by atomic mass is 19.1. The van der Waals surface area contributed by atoms with E-state index in [2.05, 4.69) is 0 Å². The normalized spacial score (nSPS) is 17.5. The van der Waals surface area contributed by atoms with E-state index in [9.17, 15) is 9.18 Å². The zero-order valence-corrected chi connectivity index (χ0v) is 9.09. The maximum atomic E-state index is 13.4. The summed E-state index contributed by atoms with van der Waals surface area (Å²) in [6.45, 7) is 3.78. The number of halogens is 1. The van der Waals surface area contributed by atoms with Crippen molar-refractivity contribution in [3.63, 3.8) is 0 Å². The van der Waals surface area contributed by atoms with Gasteiger partial charge in [-0.3, -0.25) is 4.79 Å². The fourth-order valence-electron chi connectivity index (χ4n) is 1.88. The van der Waals surface area contributed by atoms with Crippen LogP contribution in [0.15, 0.2) is 18.2 Å². The molecule has 1 fully saturated rings. The minimum atomic E-state index is -0.391. The lowest BCUT2D eigenvalue weighted by Crippen LogP contribution is -2.15. The van der Waals surface area contributed by atoms with Gasteiger partial charge in [-0.2, -0.15) is 0 Å². The Kier molecular flexibility index (Phi) is 2.59. The number of ketones is 1. The van der Waals surface area contributed by atoms with Crippen LogP contribution in [0.25, 0.3) is 0 Å². The topological polar surface area (TPSA) is 17.1 Å². The van der Waals surface area contributed by atoms with Gasteiger partial charge >= 0.3 is 0 Å². The third kappa shape index (κ3) is 2.09. The molecule has 0 aliphatic heterocycles. The molecular weight excluding hydrogens is 191 g/mol. The molecule has 2 heteroatoms. The summed E-state index contributed by atoms with van der Waals surface area (Å²) in [5.74, 6) is 0.0236. The van der Waals surface area contributed by atoms with E-state index in [1.165, 1.54) is 6.07 Å². The van der Waals surface area contributed by atoms with Gasteiger partial charge in [-0.15, -0.1) is 0 Å². The average molecular weight is 206 g/mol. The molecule has 1 atom stereocenters. The van der Waals surface area contributed by atoms with Crippen molar-refractivity contribution in [1.29, 1.82) is 0 Å². The number of Topliss-reactive ketones (excluding diaryl/α,β-unsaturated/α-hetero) is 1. The van der Waals surface area contributed by atoms with Gasteiger partial charge in [0.1, 0.15) is 5.82 Å². The predicted molar refractivity (Wildman–Crippen MR) is 57.4 cm³/mol. The Bertz CT molecular complexity index is 394. The van der Waals surface area contributed by atoms with Crippen LogP contribution in [0.4, 0.5) is 4.39 Å². The Labute approximate surface area is 89.3 Å². The second-order valence-corrected chi connectivity index (χ2v) is 4.47. The summed E-state index contributed by atoms with van der Waals surface area (Å²) in [6, 6.07) is 4.71. The number of hydrogen-bond acceptors (Lipinski definition) is 1. The molecule has 1 unspecified atom stereocenters. The van der Waals surface area contributed by atoms with Crippen molar-refractivity contribution < 1.29 is 9.18 Å². The molecule has 0 saturated heterocycles. The average Bonchev–Trinajstić information content (AvgIpc) is 3.03. The SMILES string of the molecule is Cc1ccc(F)c(C(=O)C(C)C2CC2)c1. The van der Waals surface area contributed by atoms with Crippen molar-refractivity contribution in [2.45, 2.75) is 26.7 Å². The first-order chi connectivity index (χ1) is 7.09. The van der Waals surface area contributed by atoms with Crippen LogP contribution in [0.3, 0.4) is 0 Å². The van der Waals surface area contributed by atoms with Gasteiger partial charge < -0.3 is 0 Å². The van der Waals surface area contributed by atoms with Crippen LogP contribution < -0.4 is 0 Å². The molecule has 1 aromatic rings. The summed E-state index contributed by atoms with van der Waals surface area (Å²) in [4.78, 5) is 12.0. The number of benzene rings is 1. The molecule has 0 N–H and O–H groups in total. The second kappa shape index (κ2) is 3.76. The van der Waals surface area contributed by atoms with Crippen LogP contribution in [-0.4, -0.2) is 5.78 Å². The summed E-state index contributed by atoms with van der Waals surface area (Å²) in [6.07, 6.45) is 2.22. The van der Waals surface area contributed by atoms with Gasteiger partial charge in [-0.05, 0) is 37.8 Å². The van der Waals surface area contributed by atoms with Crippen LogP contribution >= 0.6 is 0 Å². The van der Waals surface area contributed by atoms with Crippen LogP contribution in [0.5, 0.6) is 0 Å². The third-order valence-electron chi connectivity index (χ3n) is 3.13. The molecule has 0 amide bonds. The molecule has 1 aliphatic carbocycles. The Morgan fingerprint density at radius 2 is 2.13 bits per heavy atom. The summed E-state index contributed by atoms with van der Waals surface area (Å²) in [5.41, 5.74) is 1.19. The molecule has 2 rings (SSSR count). The lowest BCUT2D eigenvalue weighted by atomic mass is 9.94. The molecule has 1 nitrogen and oxygen atoms in total. The molecule has 0 aromatic heterocycles. The Morgan fingerprint density at radius 1 is 1.47 bits per heavy atom. The molecule has 0 spiro atoms. The van der Waals surface area contributed by atoms with Crippen molar-refractivity contribution in [2.24, 2.45) is 11.8 Å². The third-order valence-corrected chi connectivity index (χ3v) is 3.13. The maximum absolute atomic E-state index is 13.4. The molecule has 15 heavy (non-hydrogen) atoms. The molecular formula is C13H15FO. The van der Waals surface area contributed by atoms with Crippen molar-refractivity contribution in [3.8, 4) is 0 Å². The van der Waals surface area contributed by atoms with Crippen molar-refractivity contribution in [3.05, 3.63) is 35.1 Å². The standard InChI is InChI=1S/C13H15FO/c1-8-3-6-12(14)11(7-8)13(15)9(2)10-4-5-10/h3,6-7,9-10H,4-5H2,1-2H3. The summed E-state index contributed by atoms with van der Waals surface area (Å²) >= 11 is 0. The largest absolute Gasteiger partial charge is 0.294 e. The fraction of sp³-hybridized carbons (Fsp3) is 0.462. The number of rotatable bonds is 3. The van der Waals surface area contributed by atoms with Crippen LogP contribution in [0.1, 0.15) is 35.7 Å². The van der Waals surface area contributed by atoms with E-state index in [0.717, 1.165) is 18.4 Å². The van der Waals surface area contributed by atoms with E-state index in [0.29, 0.717) is 5.92 Å². The Balaban J connectivity index is 2.27. The lowest BCUT2D eigenvalue weighted by molar-refractivity contribution is 0.0912. The first-order valence-corrected chi connectivity index (χ1v) is 5.40. The number of hydrogen-bond donors (Lipinski definition) is 0. The molecule has 1 aliphatic rings. The van der Waals surface area contributed by atoms with Crippen LogP contribution in [-0.2, 0) is 0 Å². The van der Waals surface area contributed by atoms with Gasteiger partial charge in [0, 0.05) is 5.92 Å². The summed E-state index contributed by atoms with van der Waals surface area (Å²) in [5, 5.41) is 0. The van der Waals surface area contributed by atoms with Gasteiger partial charge in [0.2, 0.25) is 0 Å². The number of carbonyl (C=O) groups is 1. The molecule has 0 bridgehead atoms.